The molecule has 2 aromatic rings. The van der Waals surface area contributed by atoms with Crippen LogP contribution in [0.1, 0.15) is 11.4 Å². The summed E-state index contributed by atoms with van der Waals surface area (Å²) in [6.45, 7) is -2.31. The average molecular weight is 496 g/mol. The van der Waals surface area contributed by atoms with E-state index in [-0.39, 0.29) is 43.1 Å². The average Bonchev–Trinajstić information content (AvgIpc) is 3.22. The zero-order valence-corrected chi connectivity index (χ0v) is 16.9. The fourth-order valence-corrected chi connectivity index (χ4v) is 2.34. The molecule has 0 saturated carbocycles. The van der Waals surface area contributed by atoms with Crippen LogP contribution in [0.2, 0.25) is 0 Å². The number of ether oxygens (including phenoxy) is 3. The molecule has 12 heteroatoms. The highest BCUT2D eigenvalue weighted by atomic mass is 127. The van der Waals surface area contributed by atoms with Crippen LogP contribution in [-0.4, -0.2) is 41.2 Å². The van der Waals surface area contributed by atoms with Gasteiger partial charge in [-0.25, -0.2) is 0 Å². The number of aromatic nitrogens is 3. The highest BCUT2D eigenvalue weighted by Gasteiger charge is 2.20. The van der Waals surface area contributed by atoms with Gasteiger partial charge in [-0.2, -0.15) is 8.78 Å². The normalized spacial score (nSPS) is 12.7. The minimum atomic E-state index is -2.94. The van der Waals surface area contributed by atoms with Gasteiger partial charge in [0.15, 0.2) is 23.3 Å². The van der Waals surface area contributed by atoms with E-state index in [1.54, 1.807) is 24.0 Å². The molecule has 0 amide bonds. The largest absolute Gasteiger partial charge is 0.454 e. The quantitative estimate of drug-likeness (QED) is 0.357. The number of aliphatic imine (C=N–C) groups is 1. The van der Waals surface area contributed by atoms with Crippen LogP contribution >= 0.6 is 24.0 Å². The van der Waals surface area contributed by atoms with E-state index < -0.39 is 6.61 Å². The van der Waals surface area contributed by atoms with Crippen molar-refractivity contribution in [3.63, 3.8) is 0 Å². The third kappa shape index (κ3) is 5.30. The number of guanidine groups is 1. The van der Waals surface area contributed by atoms with Gasteiger partial charge in [0.05, 0.1) is 6.54 Å². The Morgan fingerprint density at radius 2 is 2.00 bits per heavy atom. The monoisotopic (exact) mass is 496 g/mol. The lowest BCUT2D eigenvalue weighted by Gasteiger charge is -2.15. The number of rotatable bonds is 6. The lowest BCUT2D eigenvalue weighted by Crippen LogP contribution is -2.37. The number of benzene rings is 1. The van der Waals surface area contributed by atoms with Crippen LogP contribution < -0.4 is 24.8 Å². The summed E-state index contributed by atoms with van der Waals surface area (Å²) in [7, 11) is 3.43. The van der Waals surface area contributed by atoms with E-state index in [0.717, 1.165) is 5.82 Å². The second kappa shape index (κ2) is 9.53. The predicted molar refractivity (Wildman–Crippen MR) is 103 cm³/mol. The molecule has 1 aliphatic heterocycles. The van der Waals surface area contributed by atoms with Crippen LogP contribution in [0.4, 0.5) is 8.78 Å². The number of alkyl halides is 2. The summed E-state index contributed by atoms with van der Waals surface area (Å²) in [4.78, 5) is 4.09. The van der Waals surface area contributed by atoms with Crippen molar-refractivity contribution in [1.29, 1.82) is 0 Å². The Balaban J connectivity index is 0.00000261. The molecule has 148 valence electrons. The number of hydrogen-bond donors (Lipinski definition) is 2. The summed E-state index contributed by atoms with van der Waals surface area (Å²) >= 11 is 0. The first-order valence-electron chi connectivity index (χ1n) is 7.71. The molecule has 1 aromatic carbocycles. The maximum absolute atomic E-state index is 12.7. The molecule has 0 saturated heterocycles. The Kier molecular flexibility index (Phi) is 7.38. The Labute approximate surface area is 171 Å². The smallest absolute Gasteiger partial charge is 0.387 e. The molecular weight excluding hydrogens is 477 g/mol. The third-order valence-corrected chi connectivity index (χ3v) is 3.66. The molecule has 9 nitrogen and oxygen atoms in total. The summed E-state index contributed by atoms with van der Waals surface area (Å²) in [5.41, 5.74) is 0.483. The number of nitrogens with zero attached hydrogens (tertiary/aromatic N) is 4. The van der Waals surface area contributed by atoms with Crippen LogP contribution in [-0.2, 0) is 20.1 Å². The van der Waals surface area contributed by atoms with Gasteiger partial charge in [0.2, 0.25) is 6.79 Å². The fourth-order valence-electron chi connectivity index (χ4n) is 2.34. The maximum Gasteiger partial charge on any atom is 0.387 e. The Morgan fingerprint density at radius 3 is 2.63 bits per heavy atom. The van der Waals surface area contributed by atoms with Gasteiger partial charge in [-0.1, -0.05) is 0 Å². The zero-order chi connectivity index (χ0) is 18.5. The van der Waals surface area contributed by atoms with Crippen molar-refractivity contribution in [3.05, 3.63) is 29.8 Å². The molecule has 2 heterocycles. The first kappa shape index (κ1) is 20.9. The van der Waals surface area contributed by atoms with Crippen molar-refractivity contribution in [3.8, 4) is 17.2 Å². The minimum Gasteiger partial charge on any atom is -0.454 e. The summed E-state index contributed by atoms with van der Waals surface area (Å²) in [6.07, 6.45) is 1.59. The fraction of sp³-hybridized carbons (Fsp3) is 0.400. The molecule has 0 aliphatic carbocycles. The summed E-state index contributed by atoms with van der Waals surface area (Å²) < 4.78 is 42.2. The zero-order valence-electron chi connectivity index (χ0n) is 14.6. The number of halogens is 3. The van der Waals surface area contributed by atoms with Crippen molar-refractivity contribution >= 4 is 29.9 Å². The molecule has 1 aliphatic rings. The molecule has 0 unspecified atom stereocenters. The van der Waals surface area contributed by atoms with E-state index in [0.29, 0.717) is 29.6 Å². The van der Waals surface area contributed by atoms with Crippen LogP contribution in [0.3, 0.4) is 0 Å². The van der Waals surface area contributed by atoms with Gasteiger partial charge in [-0.3, -0.25) is 4.99 Å². The topological polar surface area (TPSA) is 94.8 Å². The lowest BCUT2D eigenvalue weighted by molar-refractivity contribution is -0.0505. The van der Waals surface area contributed by atoms with E-state index in [9.17, 15) is 8.78 Å². The van der Waals surface area contributed by atoms with Gasteiger partial charge in [-0.15, -0.1) is 34.2 Å². The molecule has 1 aromatic heterocycles. The van der Waals surface area contributed by atoms with E-state index in [4.69, 9.17) is 9.47 Å². The Hall–Kier alpha value is -2.38. The molecule has 0 spiro atoms. The Morgan fingerprint density at radius 1 is 1.30 bits per heavy atom. The third-order valence-electron chi connectivity index (χ3n) is 3.66. The lowest BCUT2D eigenvalue weighted by atomic mass is 10.1. The van der Waals surface area contributed by atoms with Gasteiger partial charge >= 0.3 is 6.61 Å². The SMILES string of the molecule is CN=C(NCc1cc2c(cc1OC(F)F)OCO2)NCc1nncn1C.I. The first-order chi connectivity index (χ1) is 12.6. The van der Waals surface area contributed by atoms with Crippen molar-refractivity contribution in [2.75, 3.05) is 13.8 Å². The van der Waals surface area contributed by atoms with Crippen LogP contribution in [0.5, 0.6) is 17.2 Å². The molecular formula is C15H19F2IN6O3. The van der Waals surface area contributed by atoms with E-state index in [1.165, 1.54) is 6.07 Å². The van der Waals surface area contributed by atoms with Crippen molar-refractivity contribution in [2.24, 2.45) is 12.0 Å². The number of fused-ring (bicyclic) bond motifs is 1. The predicted octanol–water partition coefficient (Wildman–Crippen LogP) is 1.63. The molecule has 3 rings (SSSR count). The summed E-state index contributed by atoms with van der Waals surface area (Å²) in [5, 5.41) is 13.8. The van der Waals surface area contributed by atoms with Crippen molar-refractivity contribution < 1.29 is 23.0 Å². The molecule has 27 heavy (non-hydrogen) atoms. The first-order valence-corrected chi connectivity index (χ1v) is 7.71. The highest BCUT2D eigenvalue weighted by Crippen LogP contribution is 2.38. The standard InChI is InChI=1S/C15H18F2N6O3.HI/c1-18-15(20-6-13-22-21-7-23(13)2)19-5-9-3-11-12(25-8-24-11)4-10(9)26-14(16)17;/h3-4,7,14H,5-6,8H2,1-2H3,(H2,18,19,20);1H. The molecule has 0 fully saturated rings. The minimum absolute atomic E-state index is 0. The van der Waals surface area contributed by atoms with Gasteiger partial charge < -0.3 is 29.4 Å². The number of aryl methyl sites for hydroxylation is 1. The number of nitrogens with one attached hydrogen (secondary N) is 2. The number of hydrogen-bond acceptors (Lipinski definition) is 6. The van der Waals surface area contributed by atoms with Gasteiger partial charge in [0, 0.05) is 32.3 Å². The summed E-state index contributed by atoms with van der Waals surface area (Å²) in [5.74, 6) is 2.05. The molecule has 0 bridgehead atoms. The van der Waals surface area contributed by atoms with Crippen molar-refractivity contribution in [2.45, 2.75) is 19.7 Å². The highest BCUT2D eigenvalue weighted by molar-refractivity contribution is 14.0. The van der Waals surface area contributed by atoms with E-state index in [1.807, 2.05) is 7.05 Å². The van der Waals surface area contributed by atoms with Gasteiger partial charge in [0.1, 0.15) is 12.1 Å². The van der Waals surface area contributed by atoms with Crippen LogP contribution in [0.25, 0.3) is 0 Å². The van der Waals surface area contributed by atoms with Crippen molar-refractivity contribution in [1.82, 2.24) is 25.4 Å². The molecule has 0 atom stereocenters. The van der Waals surface area contributed by atoms with E-state index >= 15 is 0 Å². The Bertz CT molecular complexity index is 802. The second-order valence-corrected chi connectivity index (χ2v) is 5.33. The second-order valence-electron chi connectivity index (χ2n) is 5.33. The van der Waals surface area contributed by atoms with Gasteiger partial charge in [-0.05, 0) is 6.07 Å². The van der Waals surface area contributed by atoms with Crippen LogP contribution in [0.15, 0.2) is 23.5 Å². The van der Waals surface area contributed by atoms with Gasteiger partial charge in [0.25, 0.3) is 0 Å². The molecule has 2 N–H and O–H groups in total. The van der Waals surface area contributed by atoms with E-state index in [2.05, 4.69) is 30.6 Å². The summed E-state index contributed by atoms with van der Waals surface area (Å²) in [6, 6.07) is 2.99. The molecule has 0 radical (unpaired) electrons. The van der Waals surface area contributed by atoms with Crippen LogP contribution in [0, 0.1) is 0 Å². The maximum atomic E-state index is 12.7.